The van der Waals surface area contributed by atoms with Crippen molar-refractivity contribution >= 4 is 22.0 Å². The Balaban J connectivity index is 3.30. The fourth-order valence-corrected chi connectivity index (χ4v) is 2.95. The maximum atomic E-state index is 11.8. The number of rotatable bonds is 7. The van der Waals surface area contributed by atoms with Crippen LogP contribution in [0.15, 0.2) is 6.20 Å². The van der Waals surface area contributed by atoms with Gasteiger partial charge in [0.05, 0.1) is 39.2 Å². The topological polar surface area (TPSA) is 112 Å². The van der Waals surface area contributed by atoms with Crippen LogP contribution >= 0.6 is 0 Å². The minimum absolute atomic E-state index is 0.0311. The van der Waals surface area contributed by atoms with E-state index in [0.29, 0.717) is 11.1 Å². The zero-order chi connectivity index (χ0) is 16.9. The molecule has 22 heavy (non-hydrogen) atoms. The number of aryl methyl sites for hydroxylation is 1. The highest BCUT2D eigenvalue weighted by molar-refractivity contribution is 7.89. The Morgan fingerprint density at radius 3 is 2.27 bits per heavy atom. The normalized spacial score (nSPS) is 11.3. The Kier molecular flexibility index (Phi) is 6.12. The Bertz CT molecular complexity index is 660. The summed E-state index contributed by atoms with van der Waals surface area (Å²) in [7, 11) is -1.19. The minimum atomic E-state index is -3.65. The van der Waals surface area contributed by atoms with Crippen molar-refractivity contribution in [2.45, 2.75) is 25.9 Å². The summed E-state index contributed by atoms with van der Waals surface area (Å²) in [5.74, 6) is -1.03. The van der Waals surface area contributed by atoms with Crippen LogP contribution in [0.3, 0.4) is 0 Å². The summed E-state index contributed by atoms with van der Waals surface area (Å²) in [5, 5.41) is 9.46. The van der Waals surface area contributed by atoms with Crippen LogP contribution in [0.2, 0.25) is 0 Å². The molecule has 9 heteroatoms. The highest BCUT2D eigenvalue weighted by Crippen LogP contribution is 2.22. The largest absolute Gasteiger partial charge is 0.469 e. The van der Waals surface area contributed by atoms with Crippen LogP contribution < -0.4 is 0 Å². The van der Waals surface area contributed by atoms with E-state index in [1.165, 1.54) is 20.4 Å². The maximum absolute atomic E-state index is 11.8. The van der Waals surface area contributed by atoms with Crippen molar-refractivity contribution in [1.29, 1.82) is 0 Å². The zero-order valence-electron chi connectivity index (χ0n) is 12.7. The zero-order valence-corrected chi connectivity index (χ0v) is 13.5. The number of nitrogens with zero attached hydrogens (tertiary/aromatic N) is 1. The lowest BCUT2D eigenvalue weighted by atomic mass is 10.0. The first-order valence-electron chi connectivity index (χ1n) is 6.41. The number of aliphatic hydroxyl groups excluding tert-OH is 1. The molecule has 0 aliphatic carbocycles. The third kappa shape index (κ3) is 4.31. The Hall–Kier alpha value is -1.87. The third-order valence-electron chi connectivity index (χ3n) is 3.16. The molecule has 1 aromatic rings. The van der Waals surface area contributed by atoms with Gasteiger partial charge in [0.25, 0.3) is 0 Å². The molecular weight excluding hydrogens is 314 g/mol. The summed E-state index contributed by atoms with van der Waals surface area (Å²) in [6, 6.07) is 0. The van der Waals surface area contributed by atoms with Crippen molar-refractivity contribution in [3.8, 4) is 0 Å². The smallest absolute Gasteiger partial charge is 0.310 e. The van der Waals surface area contributed by atoms with Gasteiger partial charge in [-0.1, -0.05) is 0 Å². The molecule has 0 amide bonds. The van der Waals surface area contributed by atoms with Gasteiger partial charge in [-0.3, -0.25) is 9.59 Å². The number of methoxy groups -OCH3 is 2. The predicted molar refractivity (Wildman–Crippen MR) is 76.7 cm³/mol. The second-order valence-electron chi connectivity index (χ2n) is 4.63. The van der Waals surface area contributed by atoms with Gasteiger partial charge in [0.1, 0.15) is 0 Å². The van der Waals surface area contributed by atoms with Crippen molar-refractivity contribution in [1.82, 2.24) is 3.97 Å². The predicted octanol–water partition coefficient (Wildman–Crippen LogP) is -0.391. The van der Waals surface area contributed by atoms with E-state index in [2.05, 4.69) is 9.47 Å². The summed E-state index contributed by atoms with van der Waals surface area (Å²) in [5.41, 5.74) is 0.918. The van der Waals surface area contributed by atoms with Crippen LogP contribution in [0, 0.1) is 0 Å². The second-order valence-corrected chi connectivity index (χ2v) is 6.48. The van der Waals surface area contributed by atoms with Crippen LogP contribution in [0.5, 0.6) is 0 Å². The number of aliphatic hydroxyl groups is 1. The lowest BCUT2D eigenvalue weighted by molar-refractivity contribution is -0.141. The van der Waals surface area contributed by atoms with Crippen LogP contribution in [0.25, 0.3) is 0 Å². The summed E-state index contributed by atoms with van der Waals surface area (Å²) < 4.78 is 33.6. The van der Waals surface area contributed by atoms with Crippen LogP contribution in [0.1, 0.15) is 23.2 Å². The van der Waals surface area contributed by atoms with E-state index < -0.39 is 28.6 Å². The van der Waals surface area contributed by atoms with Crippen molar-refractivity contribution in [3.05, 3.63) is 23.0 Å². The van der Waals surface area contributed by atoms with Crippen molar-refractivity contribution < 1.29 is 32.6 Å². The number of hydrogen-bond donors (Lipinski definition) is 1. The van der Waals surface area contributed by atoms with Crippen LogP contribution in [0.4, 0.5) is 0 Å². The molecule has 1 rings (SSSR count). The van der Waals surface area contributed by atoms with Gasteiger partial charge in [0.2, 0.25) is 10.0 Å². The molecule has 124 valence electrons. The Morgan fingerprint density at radius 1 is 1.23 bits per heavy atom. The fraction of sp³-hybridized carbons (Fsp3) is 0.538. The number of hydrogen-bond acceptors (Lipinski definition) is 7. The molecule has 0 bridgehead atoms. The highest BCUT2D eigenvalue weighted by Gasteiger charge is 2.22. The Labute approximate surface area is 128 Å². The van der Waals surface area contributed by atoms with E-state index in [0.717, 1.165) is 10.2 Å². The summed E-state index contributed by atoms with van der Waals surface area (Å²) in [6.45, 7) is -0.558. The molecule has 0 aromatic carbocycles. The van der Waals surface area contributed by atoms with Crippen LogP contribution in [-0.4, -0.2) is 49.9 Å². The molecule has 0 fully saturated rings. The molecule has 0 aliphatic heterocycles. The molecule has 0 unspecified atom stereocenters. The molecule has 0 aliphatic rings. The van der Waals surface area contributed by atoms with Gasteiger partial charge in [-0.25, -0.2) is 12.4 Å². The van der Waals surface area contributed by atoms with E-state index in [4.69, 9.17) is 0 Å². The summed E-state index contributed by atoms with van der Waals surface area (Å²) in [4.78, 5) is 22.7. The van der Waals surface area contributed by atoms with Crippen molar-refractivity contribution in [2.75, 3.05) is 20.5 Å². The average Bonchev–Trinajstić information content (AvgIpc) is 2.82. The van der Waals surface area contributed by atoms with Gasteiger partial charge in [-0.2, -0.15) is 0 Å². The van der Waals surface area contributed by atoms with Gasteiger partial charge >= 0.3 is 11.9 Å². The minimum Gasteiger partial charge on any atom is -0.469 e. The van der Waals surface area contributed by atoms with Gasteiger partial charge in [-0.05, 0) is 17.5 Å². The maximum Gasteiger partial charge on any atom is 0.310 e. The monoisotopic (exact) mass is 333 g/mol. The molecule has 0 radical (unpaired) electrons. The summed E-state index contributed by atoms with van der Waals surface area (Å²) >= 11 is 0. The van der Waals surface area contributed by atoms with E-state index in [1.54, 1.807) is 0 Å². The first-order chi connectivity index (χ1) is 10.2. The number of aromatic nitrogens is 1. The number of ether oxygens (including phenoxy) is 2. The summed E-state index contributed by atoms with van der Waals surface area (Å²) in [6.07, 6.45) is 2.32. The van der Waals surface area contributed by atoms with Gasteiger partial charge in [-0.15, -0.1) is 0 Å². The van der Waals surface area contributed by atoms with Crippen LogP contribution in [-0.2, 0) is 48.5 Å². The highest BCUT2D eigenvalue weighted by atomic mass is 32.2. The lowest BCUT2D eigenvalue weighted by Crippen LogP contribution is -2.14. The van der Waals surface area contributed by atoms with Crippen molar-refractivity contribution in [3.63, 3.8) is 0 Å². The average molecular weight is 333 g/mol. The van der Waals surface area contributed by atoms with E-state index in [1.807, 2.05) is 0 Å². The molecule has 0 spiro atoms. The van der Waals surface area contributed by atoms with E-state index in [9.17, 15) is 23.1 Å². The third-order valence-corrected chi connectivity index (χ3v) is 4.20. The SMILES string of the molecule is COC(=O)CCc1cn(S(C)(=O)=O)c(CO)c1CC(=O)OC. The Morgan fingerprint density at radius 2 is 1.82 bits per heavy atom. The van der Waals surface area contributed by atoms with E-state index in [-0.39, 0.29) is 25.0 Å². The van der Waals surface area contributed by atoms with Gasteiger partial charge < -0.3 is 14.6 Å². The molecular formula is C13H19NO7S. The van der Waals surface area contributed by atoms with Gasteiger partial charge in [0.15, 0.2) is 0 Å². The number of carbonyl (C=O) groups excluding carboxylic acids is 2. The molecule has 1 N–H and O–H groups in total. The molecule has 0 atom stereocenters. The lowest BCUT2D eigenvalue weighted by Gasteiger charge is -2.07. The van der Waals surface area contributed by atoms with Gasteiger partial charge in [0, 0.05) is 12.6 Å². The molecule has 1 heterocycles. The molecule has 0 saturated carbocycles. The standard InChI is InChI=1S/C13H19NO7S/c1-20-12(16)5-4-9-7-14(22(3,18)19)11(8-15)10(9)6-13(17)21-2/h7,15H,4-6,8H2,1-3H3. The fourth-order valence-electron chi connectivity index (χ4n) is 2.06. The molecule has 8 nitrogen and oxygen atoms in total. The second kappa shape index (κ2) is 7.41. The first kappa shape index (κ1) is 18.2. The molecule has 0 saturated heterocycles. The number of carbonyl (C=O) groups is 2. The number of esters is 2. The molecule has 1 aromatic heterocycles. The van der Waals surface area contributed by atoms with Crippen molar-refractivity contribution in [2.24, 2.45) is 0 Å². The quantitative estimate of drug-likeness (QED) is 0.676. The van der Waals surface area contributed by atoms with E-state index >= 15 is 0 Å². The first-order valence-corrected chi connectivity index (χ1v) is 8.26.